The van der Waals surface area contributed by atoms with Crippen LogP contribution in [0, 0.1) is 16.0 Å². The van der Waals surface area contributed by atoms with Crippen LogP contribution in [-0.4, -0.2) is 28.3 Å². The molecule has 0 spiro atoms. The highest BCUT2D eigenvalue weighted by Gasteiger charge is 2.60. The Bertz CT molecular complexity index is 380. The summed E-state index contributed by atoms with van der Waals surface area (Å²) in [4.78, 5) is 33.7. The summed E-state index contributed by atoms with van der Waals surface area (Å²) in [7, 11) is 0. The van der Waals surface area contributed by atoms with E-state index in [0.717, 1.165) is 0 Å². The molecule has 2 fully saturated rings. The van der Waals surface area contributed by atoms with E-state index in [2.05, 4.69) is 0 Å². The predicted octanol–water partition coefficient (Wildman–Crippen LogP) is 1.10. The second-order valence-electron chi connectivity index (χ2n) is 4.84. The standard InChI is InChI=1S/C11H15NO5/c1-7(13)17-9-4-6-11(12(15)16)5-2-3-8(9)10(11)14/h8-9H,2-6H2,1H3. The zero-order valence-corrected chi connectivity index (χ0v) is 9.68. The van der Waals surface area contributed by atoms with Gasteiger partial charge in [-0.05, 0) is 19.3 Å². The molecule has 0 aliphatic heterocycles. The van der Waals surface area contributed by atoms with Crippen molar-refractivity contribution in [1.29, 1.82) is 0 Å². The van der Waals surface area contributed by atoms with Gasteiger partial charge < -0.3 is 4.74 Å². The molecular formula is C11H15NO5. The first-order chi connectivity index (χ1) is 7.97. The molecule has 0 radical (unpaired) electrons. The third kappa shape index (κ3) is 1.81. The average molecular weight is 241 g/mol. The Morgan fingerprint density at radius 1 is 1.47 bits per heavy atom. The summed E-state index contributed by atoms with van der Waals surface area (Å²) < 4.78 is 5.09. The highest BCUT2D eigenvalue weighted by Crippen LogP contribution is 2.43. The van der Waals surface area contributed by atoms with Gasteiger partial charge in [0.15, 0.2) is 0 Å². The molecular weight excluding hydrogens is 226 g/mol. The van der Waals surface area contributed by atoms with Crippen molar-refractivity contribution in [2.75, 3.05) is 0 Å². The first kappa shape index (κ1) is 12.0. The van der Waals surface area contributed by atoms with E-state index in [1.807, 2.05) is 0 Å². The van der Waals surface area contributed by atoms with Crippen LogP contribution in [-0.2, 0) is 14.3 Å². The van der Waals surface area contributed by atoms with Gasteiger partial charge in [0.2, 0.25) is 5.78 Å². The number of hydrogen-bond donors (Lipinski definition) is 0. The summed E-state index contributed by atoms with van der Waals surface area (Å²) in [5.41, 5.74) is -1.40. The second-order valence-corrected chi connectivity index (χ2v) is 4.84. The van der Waals surface area contributed by atoms with Crippen LogP contribution in [0.2, 0.25) is 0 Å². The number of rotatable bonds is 2. The topological polar surface area (TPSA) is 86.5 Å². The molecule has 0 N–H and O–H groups in total. The number of Topliss-reactive ketones (excluding diaryl/α,β-unsaturated/α-hetero) is 1. The predicted molar refractivity (Wildman–Crippen MR) is 56.9 cm³/mol. The molecule has 0 heterocycles. The lowest BCUT2D eigenvalue weighted by molar-refractivity contribution is -0.559. The molecule has 2 bridgehead atoms. The molecule has 94 valence electrons. The SMILES string of the molecule is CC(=O)OC1CCC2([N+](=O)[O-])CCCC1C2=O. The summed E-state index contributed by atoms with van der Waals surface area (Å²) in [5.74, 6) is -1.25. The first-order valence-electron chi connectivity index (χ1n) is 5.83. The average Bonchev–Trinajstić information content (AvgIpc) is 2.22. The molecule has 2 aliphatic rings. The lowest BCUT2D eigenvalue weighted by atomic mass is 9.65. The summed E-state index contributed by atoms with van der Waals surface area (Å²) in [6.45, 7) is 1.29. The van der Waals surface area contributed by atoms with E-state index < -0.39 is 28.5 Å². The van der Waals surface area contributed by atoms with E-state index in [4.69, 9.17) is 4.74 Å². The van der Waals surface area contributed by atoms with E-state index in [0.29, 0.717) is 25.7 Å². The number of nitro groups is 1. The number of carbonyl (C=O) groups excluding carboxylic acids is 2. The Balaban J connectivity index is 2.23. The number of ketones is 1. The molecule has 17 heavy (non-hydrogen) atoms. The van der Waals surface area contributed by atoms with Gasteiger partial charge in [-0.25, -0.2) is 0 Å². The largest absolute Gasteiger partial charge is 0.462 e. The Morgan fingerprint density at radius 3 is 2.76 bits per heavy atom. The van der Waals surface area contributed by atoms with Crippen LogP contribution in [0.25, 0.3) is 0 Å². The summed E-state index contributed by atoms with van der Waals surface area (Å²) in [6, 6.07) is 0. The van der Waals surface area contributed by atoms with Crippen molar-refractivity contribution in [2.45, 2.75) is 50.7 Å². The maximum Gasteiger partial charge on any atom is 0.302 e. The molecule has 0 amide bonds. The molecule has 2 saturated carbocycles. The Labute approximate surface area is 98.5 Å². The van der Waals surface area contributed by atoms with Crippen molar-refractivity contribution in [3.63, 3.8) is 0 Å². The van der Waals surface area contributed by atoms with Crippen molar-refractivity contribution in [3.05, 3.63) is 10.1 Å². The molecule has 0 aromatic rings. The van der Waals surface area contributed by atoms with Crippen LogP contribution in [0.3, 0.4) is 0 Å². The van der Waals surface area contributed by atoms with Gasteiger partial charge in [0.1, 0.15) is 6.10 Å². The highest BCUT2D eigenvalue weighted by molar-refractivity contribution is 5.91. The lowest BCUT2D eigenvalue weighted by Gasteiger charge is -2.40. The van der Waals surface area contributed by atoms with Gasteiger partial charge in [-0.2, -0.15) is 0 Å². The lowest BCUT2D eigenvalue weighted by Crippen LogP contribution is -2.58. The monoisotopic (exact) mass is 241 g/mol. The zero-order chi connectivity index (χ0) is 12.6. The van der Waals surface area contributed by atoms with Crippen LogP contribution in [0.5, 0.6) is 0 Å². The number of nitrogens with zero attached hydrogens (tertiary/aromatic N) is 1. The van der Waals surface area contributed by atoms with E-state index in [1.165, 1.54) is 6.92 Å². The van der Waals surface area contributed by atoms with Crippen molar-refractivity contribution in [1.82, 2.24) is 0 Å². The van der Waals surface area contributed by atoms with Crippen LogP contribution in [0.4, 0.5) is 0 Å². The quantitative estimate of drug-likeness (QED) is 0.410. The van der Waals surface area contributed by atoms with E-state index in [9.17, 15) is 19.7 Å². The molecule has 3 unspecified atom stereocenters. The van der Waals surface area contributed by atoms with Crippen molar-refractivity contribution in [2.24, 2.45) is 5.92 Å². The molecule has 0 aromatic carbocycles. The number of carbonyl (C=O) groups is 2. The fourth-order valence-corrected chi connectivity index (χ4v) is 3.03. The second kappa shape index (κ2) is 4.09. The fourth-order valence-electron chi connectivity index (χ4n) is 3.03. The van der Waals surface area contributed by atoms with E-state index in [1.54, 1.807) is 0 Å². The third-order valence-corrected chi connectivity index (χ3v) is 3.86. The van der Waals surface area contributed by atoms with Crippen molar-refractivity contribution >= 4 is 11.8 Å². The minimum Gasteiger partial charge on any atom is -0.462 e. The van der Waals surface area contributed by atoms with Gasteiger partial charge in [0, 0.05) is 24.7 Å². The summed E-state index contributed by atoms with van der Waals surface area (Å²) in [5, 5.41) is 11.1. The van der Waals surface area contributed by atoms with Crippen LogP contribution in [0.1, 0.15) is 39.0 Å². The Hall–Kier alpha value is -1.46. The third-order valence-electron chi connectivity index (χ3n) is 3.86. The number of ether oxygens (including phenoxy) is 1. The van der Waals surface area contributed by atoms with Crippen molar-refractivity contribution < 1.29 is 19.2 Å². The maximum absolute atomic E-state index is 12.1. The molecule has 3 atom stereocenters. The molecule has 0 aromatic heterocycles. The first-order valence-corrected chi connectivity index (χ1v) is 5.83. The molecule has 2 rings (SSSR count). The summed E-state index contributed by atoms with van der Waals surface area (Å²) >= 11 is 0. The van der Waals surface area contributed by atoms with Crippen LogP contribution in [0.15, 0.2) is 0 Å². The normalized spacial score (nSPS) is 36.4. The zero-order valence-electron chi connectivity index (χ0n) is 9.68. The molecule has 0 saturated heterocycles. The maximum atomic E-state index is 12.1. The Morgan fingerprint density at radius 2 is 2.18 bits per heavy atom. The smallest absolute Gasteiger partial charge is 0.302 e. The van der Waals surface area contributed by atoms with Gasteiger partial charge >= 0.3 is 5.97 Å². The van der Waals surface area contributed by atoms with Gasteiger partial charge in [0.25, 0.3) is 5.54 Å². The summed E-state index contributed by atoms with van der Waals surface area (Å²) in [6.07, 6.45) is 1.70. The van der Waals surface area contributed by atoms with Crippen LogP contribution >= 0.6 is 0 Å². The highest BCUT2D eigenvalue weighted by atomic mass is 16.6. The van der Waals surface area contributed by atoms with Gasteiger partial charge in [-0.15, -0.1) is 0 Å². The van der Waals surface area contributed by atoms with E-state index >= 15 is 0 Å². The molecule has 2 aliphatic carbocycles. The number of esters is 1. The van der Waals surface area contributed by atoms with Gasteiger partial charge in [0.05, 0.1) is 5.92 Å². The minimum absolute atomic E-state index is 0.188. The fraction of sp³-hybridized carbons (Fsp3) is 0.818. The van der Waals surface area contributed by atoms with Gasteiger partial charge in [-0.1, -0.05) is 0 Å². The van der Waals surface area contributed by atoms with Crippen LogP contribution < -0.4 is 0 Å². The van der Waals surface area contributed by atoms with Gasteiger partial charge in [-0.3, -0.25) is 19.7 Å². The minimum atomic E-state index is -1.40. The number of fused-ring (bicyclic) bond motifs is 2. The van der Waals surface area contributed by atoms with E-state index in [-0.39, 0.29) is 12.2 Å². The number of hydrogen-bond acceptors (Lipinski definition) is 5. The molecule has 6 nitrogen and oxygen atoms in total. The van der Waals surface area contributed by atoms with Crippen molar-refractivity contribution in [3.8, 4) is 0 Å². The Kier molecular flexibility index (Phi) is 2.89. The molecule has 6 heteroatoms.